The molecule has 0 spiro atoms. The van der Waals surface area contributed by atoms with Crippen molar-refractivity contribution in [3.05, 3.63) is 45.5 Å². The highest BCUT2D eigenvalue weighted by Crippen LogP contribution is 2.31. The van der Waals surface area contributed by atoms with Gasteiger partial charge in [-0.15, -0.1) is 11.3 Å². The Labute approximate surface area is 124 Å². The number of aliphatic hydroxyl groups is 1. The van der Waals surface area contributed by atoms with Gasteiger partial charge >= 0.3 is 0 Å². The van der Waals surface area contributed by atoms with Crippen LogP contribution in [0.15, 0.2) is 28.9 Å². The number of aliphatic hydroxyl groups excluding tert-OH is 1. The van der Waals surface area contributed by atoms with E-state index in [0.717, 1.165) is 0 Å². The molecule has 0 aromatic carbocycles. The van der Waals surface area contributed by atoms with Crippen LogP contribution < -0.4 is 5.32 Å². The lowest BCUT2D eigenvalue weighted by atomic mass is 9.96. The summed E-state index contributed by atoms with van der Waals surface area (Å²) >= 11 is 1.83. The summed E-state index contributed by atoms with van der Waals surface area (Å²) in [6.07, 6.45) is 0.983. The molecule has 2 rings (SSSR count). The maximum atomic E-state index is 10.1. The number of nitrogens with one attached hydrogen (secondary N) is 1. The molecule has 0 aliphatic carbocycles. The third-order valence-electron chi connectivity index (χ3n) is 3.48. The predicted octanol–water partition coefficient (Wildman–Crippen LogP) is 3.98. The molecule has 3 nitrogen and oxygen atoms in total. The second-order valence-corrected chi connectivity index (χ2v) is 6.99. The maximum absolute atomic E-state index is 10.1. The van der Waals surface area contributed by atoms with Crippen molar-refractivity contribution < 1.29 is 9.52 Å². The van der Waals surface area contributed by atoms with Crippen LogP contribution in [-0.2, 0) is 0 Å². The van der Waals surface area contributed by atoms with Gasteiger partial charge in [-0.1, -0.05) is 13.8 Å². The predicted molar refractivity (Wildman–Crippen MR) is 83.0 cm³/mol. The highest BCUT2D eigenvalue weighted by atomic mass is 32.1. The molecule has 2 aromatic heterocycles. The monoisotopic (exact) mass is 293 g/mol. The minimum Gasteiger partial charge on any atom is -0.467 e. The highest BCUT2D eigenvalue weighted by Gasteiger charge is 2.21. The minimum absolute atomic E-state index is 0.254. The lowest BCUT2D eigenvalue weighted by Gasteiger charge is -2.24. The van der Waals surface area contributed by atoms with Crippen LogP contribution in [0.25, 0.3) is 0 Å². The van der Waals surface area contributed by atoms with Crippen LogP contribution in [0, 0.1) is 19.8 Å². The molecule has 20 heavy (non-hydrogen) atoms. The minimum atomic E-state index is -0.605. The SMILES string of the molecule is Cc1cc(C(NCC(O)c2ccco2)C(C)C)c(C)s1. The largest absolute Gasteiger partial charge is 0.467 e. The Kier molecular flexibility index (Phi) is 5.02. The second kappa shape index (κ2) is 6.57. The topological polar surface area (TPSA) is 45.4 Å². The standard InChI is InChI=1S/C16H23NO2S/c1-10(2)16(13-8-11(3)20-12(13)4)17-9-14(18)15-6-5-7-19-15/h5-8,10,14,16-18H,9H2,1-4H3. The molecule has 2 aromatic rings. The zero-order valence-corrected chi connectivity index (χ0v) is 13.3. The summed E-state index contributed by atoms with van der Waals surface area (Å²) in [5.74, 6) is 1.07. The summed E-state index contributed by atoms with van der Waals surface area (Å²) in [5, 5.41) is 13.6. The average molecular weight is 293 g/mol. The van der Waals surface area contributed by atoms with Crippen LogP contribution >= 0.6 is 11.3 Å². The number of thiophene rings is 1. The van der Waals surface area contributed by atoms with Crippen molar-refractivity contribution in [2.75, 3.05) is 6.54 Å². The van der Waals surface area contributed by atoms with E-state index in [0.29, 0.717) is 18.2 Å². The van der Waals surface area contributed by atoms with Crippen LogP contribution in [-0.4, -0.2) is 11.7 Å². The zero-order valence-electron chi connectivity index (χ0n) is 12.5. The zero-order chi connectivity index (χ0) is 14.7. The van der Waals surface area contributed by atoms with Gasteiger partial charge in [0, 0.05) is 22.3 Å². The Morgan fingerprint density at radius 2 is 2.10 bits per heavy atom. The fourth-order valence-corrected chi connectivity index (χ4v) is 3.46. The molecule has 2 unspecified atom stereocenters. The second-order valence-electron chi connectivity index (χ2n) is 5.53. The van der Waals surface area contributed by atoms with Gasteiger partial charge < -0.3 is 14.8 Å². The van der Waals surface area contributed by atoms with Crippen molar-refractivity contribution >= 4 is 11.3 Å². The molecule has 0 amide bonds. The first-order valence-electron chi connectivity index (χ1n) is 7.00. The lowest BCUT2D eigenvalue weighted by molar-refractivity contribution is 0.140. The average Bonchev–Trinajstić information content (AvgIpc) is 2.99. The summed E-state index contributed by atoms with van der Waals surface area (Å²) in [6.45, 7) is 9.18. The Bertz CT molecular complexity index is 531. The normalized spacial score (nSPS) is 14.7. The molecule has 0 fully saturated rings. The van der Waals surface area contributed by atoms with Crippen LogP contribution in [0.2, 0.25) is 0 Å². The lowest BCUT2D eigenvalue weighted by Crippen LogP contribution is -2.29. The first-order chi connectivity index (χ1) is 9.49. The molecule has 110 valence electrons. The van der Waals surface area contributed by atoms with Crippen molar-refractivity contribution in [3.8, 4) is 0 Å². The Hall–Kier alpha value is -1.10. The quantitative estimate of drug-likeness (QED) is 0.847. The molecular weight excluding hydrogens is 270 g/mol. The van der Waals surface area contributed by atoms with E-state index in [1.807, 2.05) is 11.3 Å². The highest BCUT2D eigenvalue weighted by molar-refractivity contribution is 7.12. The van der Waals surface area contributed by atoms with Gasteiger partial charge in [0.1, 0.15) is 11.9 Å². The van der Waals surface area contributed by atoms with Gasteiger partial charge in [-0.25, -0.2) is 0 Å². The van der Waals surface area contributed by atoms with E-state index < -0.39 is 6.10 Å². The Balaban J connectivity index is 2.05. The molecule has 0 saturated carbocycles. The third-order valence-corrected chi connectivity index (χ3v) is 4.47. The molecule has 2 heterocycles. The number of hydrogen-bond donors (Lipinski definition) is 2. The van der Waals surface area contributed by atoms with Crippen molar-refractivity contribution in [3.63, 3.8) is 0 Å². The molecule has 0 aliphatic rings. The number of hydrogen-bond acceptors (Lipinski definition) is 4. The smallest absolute Gasteiger partial charge is 0.133 e. The van der Waals surface area contributed by atoms with E-state index in [1.165, 1.54) is 15.3 Å². The van der Waals surface area contributed by atoms with Gasteiger partial charge in [0.2, 0.25) is 0 Å². The van der Waals surface area contributed by atoms with Crippen molar-refractivity contribution in [2.24, 2.45) is 5.92 Å². The van der Waals surface area contributed by atoms with E-state index in [9.17, 15) is 5.11 Å². The molecule has 0 aliphatic heterocycles. The van der Waals surface area contributed by atoms with Crippen LogP contribution in [0.5, 0.6) is 0 Å². The molecule has 0 bridgehead atoms. The van der Waals surface area contributed by atoms with Crippen molar-refractivity contribution in [2.45, 2.75) is 39.8 Å². The number of furan rings is 1. The van der Waals surface area contributed by atoms with Crippen LogP contribution in [0.3, 0.4) is 0 Å². The van der Waals surface area contributed by atoms with Gasteiger partial charge in [0.25, 0.3) is 0 Å². The van der Waals surface area contributed by atoms with Crippen molar-refractivity contribution in [1.82, 2.24) is 5.32 Å². The summed E-state index contributed by atoms with van der Waals surface area (Å²) in [7, 11) is 0. The van der Waals surface area contributed by atoms with Crippen LogP contribution in [0.4, 0.5) is 0 Å². The van der Waals surface area contributed by atoms with Crippen molar-refractivity contribution in [1.29, 1.82) is 0 Å². The van der Waals surface area contributed by atoms with E-state index >= 15 is 0 Å². The number of aryl methyl sites for hydroxylation is 2. The van der Waals surface area contributed by atoms with Gasteiger partial charge in [0.05, 0.1) is 6.26 Å². The summed E-state index contributed by atoms with van der Waals surface area (Å²) < 4.78 is 5.23. The van der Waals surface area contributed by atoms with Gasteiger partial charge in [0.15, 0.2) is 0 Å². The van der Waals surface area contributed by atoms with Crippen LogP contribution in [0.1, 0.15) is 47.1 Å². The Morgan fingerprint density at radius 3 is 2.60 bits per heavy atom. The summed E-state index contributed by atoms with van der Waals surface area (Å²) in [6, 6.07) is 6.10. The van der Waals surface area contributed by atoms with E-state index in [-0.39, 0.29) is 6.04 Å². The van der Waals surface area contributed by atoms with Gasteiger partial charge in [-0.05, 0) is 43.5 Å². The maximum Gasteiger partial charge on any atom is 0.133 e. The molecule has 0 saturated heterocycles. The number of rotatable bonds is 6. The molecule has 2 N–H and O–H groups in total. The first-order valence-corrected chi connectivity index (χ1v) is 7.82. The van der Waals surface area contributed by atoms with Gasteiger partial charge in [-0.3, -0.25) is 0 Å². The molecule has 0 radical (unpaired) electrons. The third kappa shape index (κ3) is 3.51. The Morgan fingerprint density at radius 1 is 1.35 bits per heavy atom. The fourth-order valence-electron chi connectivity index (χ4n) is 2.48. The van der Waals surface area contributed by atoms with Gasteiger partial charge in [-0.2, -0.15) is 0 Å². The summed E-state index contributed by atoms with van der Waals surface area (Å²) in [4.78, 5) is 2.68. The van der Waals surface area contributed by atoms with E-state index in [1.54, 1.807) is 18.4 Å². The first kappa shape index (κ1) is 15.3. The van der Waals surface area contributed by atoms with E-state index in [2.05, 4.69) is 39.1 Å². The fraction of sp³-hybridized carbons (Fsp3) is 0.500. The molecule has 4 heteroatoms. The molecular formula is C16H23NO2S. The van der Waals surface area contributed by atoms with E-state index in [4.69, 9.17) is 4.42 Å². The molecule has 2 atom stereocenters. The summed E-state index contributed by atoms with van der Waals surface area (Å²) in [5.41, 5.74) is 1.34.